The van der Waals surface area contributed by atoms with Gasteiger partial charge >= 0.3 is 8.80 Å². The molecule has 4 heteroatoms. The van der Waals surface area contributed by atoms with E-state index in [0.29, 0.717) is 0 Å². The molecule has 0 fully saturated rings. The van der Waals surface area contributed by atoms with Gasteiger partial charge in [0.25, 0.3) is 0 Å². The minimum Gasteiger partial charge on any atom is -0.377 e. The summed E-state index contributed by atoms with van der Waals surface area (Å²) in [4.78, 5) is 0. The fourth-order valence-electron chi connectivity index (χ4n) is 1.25. The Morgan fingerprint density at radius 3 is 2.13 bits per heavy atom. The second kappa shape index (κ2) is 9.09. The van der Waals surface area contributed by atoms with Crippen molar-refractivity contribution in [2.24, 2.45) is 0 Å². The summed E-state index contributed by atoms with van der Waals surface area (Å²) in [5, 5.41) is 0. The summed E-state index contributed by atoms with van der Waals surface area (Å²) in [5.74, 6) is 0. The van der Waals surface area contributed by atoms with Crippen LogP contribution in [0.25, 0.3) is 0 Å². The summed E-state index contributed by atoms with van der Waals surface area (Å²) in [6.07, 6.45) is 8.45. The molecule has 0 spiro atoms. The highest BCUT2D eigenvalue weighted by molar-refractivity contribution is 6.61. The highest BCUT2D eigenvalue weighted by Gasteiger charge is 2.35. The highest BCUT2D eigenvalue weighted by atomic mass is 28.4. The van der Waals surface area contributed by atoms with Crippen LogP contribution in [0.5, 0.6) is 0 Å². The molecule has 0 aromatic carbocycles. The van der Waals surface area contributed by atoms with Crippen LogP contribution >= 0.6 is 0 Å². The lowest BCUT2D eigenvalue weighted by atomic mass is 10.2. The Morgan fingerprint density at radius 2 is 1.67 bits per heavy atom. The van der Waals surface area contributed by atoms with Crippen LogP contribution in [-0.4, -0.2) is 30.1 Å². The lowest BCUT2D eigenvalue weighted by Crippen LogP contribution is -2.42. The van der Waals surface area contributed by atoms with Crippen molar-refractivity contribution in [1.82, 2.24) is 0 Å². The lowest BCUT2D eigenvalue weighted by molar-refractivity contribution is 0.127. The van der Waals surface area contributed by atoms with Gasteiger partial charge in [0.15, 0.2) is 0 Å². The third-order valence-electron chi connectivity index (χ3n) is 2.26. The number of hydrogen-bond donors (Lipinski definition) is 0. The van der Waals surface area contributed by atoms with Crippen LogP contribution in [0.15, 0.2) is 12.2 Å². The van der Waals surface area contributed by atoms with Gasteiger partial charge in [0.05, 0.1) is 0 Å². The first-order valence-corrected chi connectivity index (χ1v) is 7.21. The molecule has 0 radical (unpaired) electrons. The van der Waals surface area contributed by atoms with E-state index in [1.165, 1.54) is 40.6 Å². The summed E-state index contributed by atoms with van der Waals surface area (Å²) < 4.78 is 23.7. The van der Waals surface area contributed by atoms with Gasteiger partial charge in [-0.25, -0.2) is 0 Å². The normalized spacial score (nSPS) is 15.6. The van der Waals surface area contributed by atoms with Gasteiger partial charge in [-0.3, -0.25) is 0 Å². The maximum Gasteiger partial charge on any atom is 0.504 e. The molecule has 0 heterocycles. The van der Waals surface area contributed by atoms with Crippen LogP contribution in [0.3, 0.4) is 0 Å². The van der Waals surface area contributed by atoms with Gasteiger partial charge in [-0.1, -0.05) is 31.9 Å². The smallest absolute Gasteiger partial charge is 0.377 e. The molecule has 90 valence electrons. The average Bonchev–Trinajstić information content (AvgIpc) is 2.32. The van der Waals surface area contributed by atoms with Gasteiger partial charge < -0.3 is 13.3 Å². The second-order valence-electron chi connectivity index (χ2n) is 3.31. The molecule has 0 rings (SSSR count). The molecular formula is C11H24O3Si. The highest BCUT2D eigenvalue weighted by Crippen LogP contribution is 2.13. The molecule has 0 saturated carbocycles. The third-order valence-corrected chi connectivity index (χ3v) is 4.57. The van der Waals surface area contributed by atoms with Crippen molar-refractivity contribution in [2.45, 2.75) is 38.6 Å². The fraction of sp³-hybridized carbons (Fsp3) is 0.818. The third kappa shape index (κ3) is 6.09. The van der Waals surface area contributed by atoms with Crippen LogP contribution in [0.4, 0.5) is 0 Å². The number of rotatable bonds is 9. The Bertz CT molecular complexity index is 187. The molecule has 0 aromatic rings. The van der Waals surface area contributed by atoms with Crippen molar-refractivity contribution in [2.75, 3.05) is 21.3 Å². The van der Waals surface area contributed by atoms with Crippen LogP contribution in [0, 0.1) is 0 Å². The zero-order valence-corrected chi connectivity index (χ0v) is 11.3. The topological polar surface area (TPSA) is 27.7 Å². The standard InChI is InChI=1S/C11H24O3Si/c1-5-6-7-8-9-10-11-15(12-2,13-3)14-4/h9-10H,5-8,11H2,1-4H3/i11D. The zero-order chi connectivity index (χ0) is 12.4. The van der Waals surface area contributed by atoms with E-state index >= 15 is 0 Å². The SMILES string of the molecule is [2H]C(C=CCCCCC)[Si](OC)(OC)OC. The first-order valence-electron chi connectivity index (χ1n) is 5.99. The Kier molecular flexibility index (Phi) is 7.82. The average molecular weight is 233 g/mol. The van der Waals surface area contributed by atoms with E-state index in [9.17, 15) is 0 Å². The lowest BCUT2D eigenvalue weighted by Gasteiger charge is -2.22. The van der Waals surface area contributed by atoms with Crippen LogP contribution in [0.1, 0.15) is 34.0 Å². The van der Waals surface area contributed by atoms with Gasteiger partial charge in [-0.15, -0.1) is 0 Å². The quantitative estimate of drug-likeness (QED) is 0.348. The van der Waals surface area contributed by atoms with Gasteiger partial charge in [0.2, 0.25) is 0 Å². The van der Waals surface area contributed by atoms with E-state index in [0.717, 1.165) is 6.42 Å². The molecule has 0 aliphatic rings. The Labute approximate surface area is 96.2 Å². The fourth-order valence-corrected chi connectivity index (χ4v) is 2.53. The van der Waals surface area contributed by atoms with Crippen molar-refractivity contribution in [1.29, 1.82) is 0 Å². The Hall–Kier alpha value is -0.163. The van der Waals surface area contributed by atoms with E-state index in [1.54, 1.807) is 0 Å². The minimum atomic E-state index is -2.81. The maximum absolute atomic E-state index is 7.96. The van der Waals surface area contributed by atoms with E-state index in [-0.39, 0.29) is 0 Å². The van der Waals surface area contributed by atoms with Crippen molar-refractivity contribution >= 4 is 8.80 Å². The monoisotopic (exact) mass is 233 g/mol. The molecule has 1 unspecified atom stereocenters. The molecule has 0 aromatic heterocycles. The van der Waals surface area contributed by atoms with Crippen molar-refractivity contribution in [3.63, 3.8) is 0 Å². The maximum atomic E-state index is 7.96. The number of unbranched alkanes of at least 4 members (excludes halogenated alkanes) is 3. The predicted molar refractivity (Wildman–Crippen MR) is 64.9 cm³/mol. The Balaban J connectivity index is 4.14. The van der Waals surface area contributed by atoms with Crippen molar-refractivity contribution in [3.05, 3.63) is 12.2 Å². The first kappa shape index (κ1) is 12.9. The molecular weight excluding hydrogens is 208 g/mol. The largest absolute Gasteiger partial charge is 0.504 e. The van der Waals surface area contributed by atoms with Crippen LogP contribution in [-0.2, 0) is 13.3 Å². The van der Waals surface area contributed by atoms with Crippen LogP contribution in [0.2, 0.25) is 6.02 Å². The second-order valence-corrected chi connectivity index (χ2v) is 6.07. The Morgan fingerprint density at radius 1 is 1.07 bits per heavy atom. The van der Waals surface area contributed by atoms with Gasteiger partial charge in [0.1, 0.15) is 0 Å². The van der Waals surface area contributed by atoms with E-state index in [1.807, 2.05) is 12.2 Å². The summed E-state index contributed by atoms with van der Waals surface area (Å²) in [6, 6.07) is -0.547. The van der Waals surface area contributed by atoms with Gasteiger partial charge in [0, 0.05) is 28.7 Å². The van der Waals surface area contributed by atoms with E-state index < -0.39 is 14.8 Å². The zero-order valence-electron chi connectivity index (χ0n) is 11.3. The van der Waals surface area contributed by atoms with Gasteiger partial charge in [-0.05, 0) is 12.8 Å². The molecule has 0 aliphatic heterocycles. The van der Waals surface area contributed by atoms with Crippen LogP contribution < -0.4 is 0 Å². The summed E-state index contributed by atoms with van der Waals surface area (Å²) in [7, 11) is 1.79. The molecule has 0 N–H and O–H groups in total. The first-order chi connectivity index (χ1) is 7.66. The number of allylic oxidation sites excluding steroid dienone is 2. The molecule has 3 nitrogen and oxygen atoms in total. The van der Waals surface area contributed by atoms with Crippen molar-refractivity contribution < 1.29 is 14.6 Å². The molecule has 0 aliphatic carbocycles. The summed E-state index contributed by atoms with van der Waals surface area (Å²) in [5.41, 5.74) is 0. The summed E-state index contributed by atoms with van der Waals surface area (Å²) in [6.45, 7) is 2.18. The van der Waals surface area contributed by atoms with Gasteiger partial charge in [-0.2, -0.15) is 0 Å². The molecule has 1 atom stereocenters. The minimum absolute atomic E-state index is 0.547. The summed E-state index contributed by atoms with van der Waals surface area (Å²) >= 11 is 0. The molecule has 15 heavy (non-hydrogen) atoms. The predicted octanol–water partition coefficient (Wildman–Crippen LogP) is 3.00. The molecule has 0 bridgehead atoms. The molecule has 0 amide bonds. The number of hydrogen-bond acceptors (Lipinski definition) is 3. The van der Waals surface area contributed by atoms with E-state index in [2.05, 4.69) is 6.92 Å². The van der Waals surface area contributed by atoms with Crippen molar-refractivity contribution in [3.8, 4) is 0 Å². The van der Waals surface area contributed by atoms with E-state index in [4.69, 9.17) is 14.6 Å². The molecule has 0 saturated heterocycles.